The summed E-state index contributed by atoms with van der Waals surface area (Å²) in [6.45, 7) is 2.11. The number of pyridine rings is 2. The van der Waals surface area contributed by atoms with Crippen LogP contribution in [0.1, 0.15) is 27.0 Å². The van der Waals surface area contributed by atoms with Crippen LogP contribution in [0, 0.1) is 6.92 Å². The Hall–Kier alpha value is -3.65. The van der Waals surface area contributed by atoms with E-state index in [2.05, 4.69) is 10.3 Å². The van der Waals surface area contributed by atoms with Crippen molar-refractivity contribution in [3.63, 3.8) is 0 Å². The van der Waals surface area contributed by atoms with E-state index in [-0.39, 0.29) is 22.8 Å². The molecule has 4 rings (SSSR count). The van der Waals surface area contributed by atoms with E-state index in [4.69, 9.17) is 11.6 Å². The number of hydrogen-bond acceptors (Lipinski definition) is 3. The summed E-state index contributed by atoms with van der Waals surface area (Å²) >= 11 is 5.99. The first kappa shape index (κ1) is 22.5. The number of nitrogens with zero attached hydrogens (tertiary/aromatic N) is 2. The van der Waals surface area contributed by atoms with Gasteiger partial charge < -0.3 is 5.32 Å². The van der Waals surface area contributed by atoms with Crippen molar-refractivity contribution in [1.29, 1.82) is 0 Å². The van der Waals surface area contributed by atoms with E-state index in [1.807, 2.05) is 31.2 Å². The number of anilines is 1. The number of fused-ring (bicyclic) bond motifs is 1. The van der Waals surface area contributed by atoms with Gasteiger partial charge in [-0.05, 0) is 48.9 Å². The molecule has 1 N–H and O–H groups in total. The second-order valence-corrected chi connectivity index (χ2v) is 7.90. The molecule has 9 heteroatoms. The van der Waals surface area contributed by atoms with E-state index < -0.39 is 23.2 Å². The Kier molecular flexibility index (Phi) is 5.95. The Morgan fingerprint density at radius 1 is 1.09 bits per heavy atom. The van der Waals surface area contributed by atoms with Crippen LogP contribution in [0.3, 0.4) is 0 Å². The first-order valence-corrected chi connectivity index (χ1v) is 10.2. The molecule has 0 fully saturated rings. The minimum Gasteiger partial charge on any atom is -0.320 e. The van der Waals surface area contributed by atoms with Gasteiger partial charge in [0.1, 0.15) is 11.2 Å². The first-order chi connectivity index (χ1) is 15.6. The maximum atomic E-state index is 13.2. The highest BCUT2D eigenvalue weighted by molar-refractivity contribution is 6.34. The third-order valence-corrected chi connectivity index (χ3v) is 5.43. The molecule has 2 aromatic heterocycles. The van der Waals surface area contributed by atoms with Crippen LogP contribution < -0.4 is 10.9 Å². The maximum absolute atomic E-state index is 13.2. The SMILES string of the molecule is Cc1ccc(Cn2c(=O)c(C(=O)Nc3cc(C(F)(F)F)ccc3Cl)cc3cccnc32)cc1. The van der Waals surface area contributed by atoms with Crippen molar-refractivity contribution in [3.05, 3.63) is 104 Å². The fraction of sp³-hybridized carbons (Fsp3) is 0.125. The summed E-state index contributed by atoms with van der Waals surface area (Å²) in [6, 6.07) is 14.9. The first-order valence-electron chi connectivity index (χ1n) is 9.86. The van der Waals surface area contributed by atoms with Gasteiger partial charge >= 0.3 is 6.18 Å². The van der Waals surface area contributed by atoms with E-state index in [9.17, 15) is 22.8 Å². The van der Waals surface area contributed by atoms with Crippen LogP contribution in [0.15, 0.2) is 71.7 Å². The third-order valence-electron chi connectivity index (χ3n) is 5.10. The van der Waals surface area contributed by atoms with Crippen molar-refractivity contribution in [2.24, 2.45) is 0 Å². The molecule has 0 saturated heterocycles. The van der Waals surface area contributed by atoms with E-state index in [0.29, 0.717) is 11.0 Å². The standard InChI is InChI=1S/C24H17ClF3N3O2/c1-14-4-6-15(7-5-14)13-31-21-16(3-2-10-29-21)11-18(23(31)33)22(32)30-20-12-17(24(26,27)28)8-9-19(20)25/h2-12H,13H2,1H3,(H,30,32). The molecule has 168 valence electrons. The molecule has 4 aromatic rings. The highest BCUT2D eigenvalue weighted by atomic mass is 35.5. The summed E-state index contributed by atoms with van der Waals surface area (Å²) < 4.78 is 40.6. The molecule has 0 saturated carbocycles. The van der Waals surface area contributed by atoms with Gasteiger partial charge in [-0.15, -0.1) is 0 Å². The number of nitrogens with one attached hydrogen (secondary N) is 1. The van der Waals surface area contributed by atoms with Gasteiger partial charge in [-0.25, -0.2) is 4.98 Å². The highest BCUT2D eigenvalue weighted by Crippen LogP contribution is 2.34. The smallest absolute Gasteiger partial charge is 0.320 e. The van der Waals surface area contributed by atoms with Gasteiger partial charge in [0, 0.05) is 11.6 Å². The van der Waals surface area contributed by atoms with E-state index >= 15 is 0 Å². The average molecular weight is 472 g/mol. The van der Waals surface area contributed by atoms with Crippen molar-refractivity contribution in [3.8, 4) is 0 Å². The quantitative estimate of drug-likeness (QED) is 0.416. The summed E-state index contributed by atoms with van der Waals surface area (Å²) in [5.74, 6) is -0.871. The molecule has 5 nitrogen and oxygen atoms in total. The van der Waals surface area contributed by atoms with E-state index in [1.54, 1.807) is 12.1 Å². The van der Waals surface area contributed by atoms with Crippen LogP contribution in [-0.4, -0.2) is 15.5 Å². The molecular formula is C24H17ClF3N3O2. The molecule has 2 aromatic carbocycles. The minimum atomic E-state index is -4.61. The maximum Gasteiger partial charge on any atom is 0.416 e. The fourth-order valence-electron chi connectivity index (χ4n) is 3.38. The fourth-order valence-corrected chi connectivity index (χ4v) is 3.54. The number of aromatic nitrogens is 2. The lowest BCUT2D eigenvalue weighted by Gasteiger charge is -2.14. The lowest BCUT2D eigenvalue weighted by Crippen LogP contribution is -2.30. The van der Waals surface area contributed by atoms with Crippen LogP contribution in [0.5, 0.6) is 0 Å². The number of amides is 1. The van der Waals surface area contributed by atoms with E-state index in [0.717, 1.165) is 29.3 Å². The number of carbonyl (C=O) groups is 1. The van der Waals surface area contributed by atoms with Crippen LogP contribution in [0.4, 0.5) is 18.9 Å². The van der Waals surface area contributed by atoms with Gasteiger partial charge in [0.25, 0.3) is 11.5 Å². The Labute approximate surface area is 191 Å². The van der Waals surface area contributed by atoms with Crippen molar-refractivity contribution >= 4 is 34.2 Å². The second kappa shape index (κ2) is 8.71. The number of alkyl halides is 3. The summed E-state index contributed by atoms with van der Waals surface area (Å²) in [5, 5.41) is 2.79. The average Bonchev–Trinajstić information content (AvgIpc) is 2.77. The molecule has 0 spiro atoms. The molecule has 33 heavy (non-hydrogen) atoms. The van der Waals surface area contributed by atoms with Gasteiger partial charge in [-0.1, -0.05) is 41.4 Å². The molecule has 0 aliphatic heterocycles. The zero-order valence-corrected chi connectivity index (χ0v) is 18.0. The Balaban J connectivity index is 1.77. The number of hydrogen-bond donors (Lipinski definition) is 1. The Bertz CT molecular complexity index is 1410. The Morgan fingerprint density at radius 2 is 1.82 bits per heavy atom. The van der Waals surface area contributed by atoms with Crippen molar-refractivity contribution in [1.82, 2.24) is 9.55 Å². The van der Waals surface area contributed by atoms with Gasteiger partial charge in [0.2, 0.25) is 0 Å². The van der Waals surface area contributed by atoms with Crippen molar-refractivity contribution < 1.29 is 18.0 Å². The topological polar surface area (TPSA) is 64.0 Å². The summed E-state index contributed by atoms with van der Waals surface area (Å²) in [4.78, 5) is 30.5. The number of halogens is 4. The monoisotopic (exact) mass is 471 g/mol. The van der Waals surface area contributed by atoms with Crippen LogP contribution in [-0.2, 0) is 12.7 Å². The Morgan fingerprint density at radius 3 is 2.52 bits per heavy atom. The van der Waals surface area contributed by atoms with Crippen LogP contribution >= 0.6 is 11.6 Å². The molecule has 0 bridgehead atoms. The molecule has 0 aliphatic carbocycles. The molecule has 1 amide bonds. The van der Waals surface area contributed by atoms with Crippen LogP contribution in [0.25, 0.3) is 11.0 Å². The van der Waals surface area contributed by atoms with Gasteiger partial charge in [-0.2, -0.15) is 13.2 Å². The number of carbonyl (C=O) groups excluding carboxylic acids is 1. The molecular weight excluding hydrogens is 455 g/mol. The predicted molar refractivity (Wildman–Crippen MR) is 121 cm³/mol. The summed E-state index contributed by atoms with van der Waals surface area (Å²) in [5.41, 5.74) is 0.192. The molecule has 0 atom stereocenters. The largest absolute Gasteiger partial charge is 0.416 e. The zero-order chi connectivity index (χ0) is 23.8. The highest BCUT2D eigenvalue weighted by Gasteiger charge is 2.31. The minimum absolute atomic E-state index is 0.0845. The molecule has 2 heterocycles. The third kappa shape index (κ3) is 4.75. The van der Waals surface area contributed by atoms with Gasteiger partial charge in [-0.3, -0.25) is 14.2 Å². The van der Waals surface area contributed by atoms with Gasteiger partial charge in [0.15, 0.2) is 0 Å². The number of benzene rings is 2. The lowest BCUT2D eigenvalue weighted by molar-refractivity contribution is -0.137. The molecule has 0 unspecified atom stereocenters. The molecule has 0 radical (unpaired) electrons. The number of rotatable bonds is 4. The summed E-state index contributed by atoms with van der Waals surface area (Å²) in [7, 11) is 0. The van der Waals surface area contributed by atoms with Gasteiger partial charge in [0.05, 0.1) is 22.8 Å². The predicted octanol–water partition coefficient (Wildman–Crippen LogP) is 5.68. The van der Waals surface area contributed by atoms with E-state index in [1.165, 1.54) is 16.8 Å². The second-order valence-electron chi connectivity index (χ2n) is 7.50. The van der Waals surface area contributed by atoms with Crippen LogP contribution in [0.2, 0.25) is 5.02 Å². The zero-order valence-electron chi connectivity index (χ0n) is 17.3. The number of aryl methyl sites for hydroxylation is 1. The normalized spacial score (nSPS) is 11.5. The molecule has 0 aliphatic rings. The van der Waals surface area contributed by atoms with Crippen molar-refractivity contribution in [2.75, 3.05) is 5.32 Å². The lowest BCUT2D eigenvalue weighted by atomic mass is 10.1. The van der Waals surface area contributed by atoms with Crippen molar-refractivity contribution in [2.45, 2.75) is 19.6 Å². The summed E-state index contributed by atoms with van der Waals surface area (Å²) in [6.07, 6.45) is -3.07.